The summed E-state index contributed by atoms with van der Waals surface area (Å²) in [5, 5.41) is 7.51. The number of benzene rings is 1. The first kappa shape index (κ1) is 14.9. The van der Waals surface area contributed by atoms with Crippen LogP contribution >= 0.6 is 0 Å². The summed E-state index contributed by atoms with van der Waals surface area (Å²) in [7, 11) is -3.71. The fraction of sp³-hybridized carbons (Fsp3) is 0.286. The van der Waals surface area contributed by atoms with Gasteiger partial charge in [-0.2, -0.15) is 9.40 Å². The lowest BCUT2D eigenvalue weighted by atomic mass is 10.3. The van der Waals surface area contributed by atoms with Crippen molar-refractivity contribution >= 4 is 10.0 Å². The molecule has 1 aliphatic rings. The van der Waals surface area contributed by atoms with Crippen LogP contribution in [0.3, 0.4) is 0 Å². The molecule has 0 spiro atoms. The normalized spacial score (nSPS) is 19.2. The van der Waals surface area contributed by atoms with Crippen LogP contribution in [0.15, 0.2) is 47.5 Å². The lowest BCUT2D eigenvalue weighted by Gasteiger charge is -2.17. The van der Waals surface area contributed by atoms with Crippen molar-refractivity contribution in [1.82, 2.24) is 14.5 Å². The van der Waals surface area contributed by atoms with Crippen molar-refractivity contribution in [2.75, 3.05) is 13.1 Å². The van der Waals surface area contributed by atoms with Gasteiger partial charge in [0.2, 0.25) is 15.9 Å². The molecule has 0 saturated carbocycles. The van der Waals surface area contributed by atoms with E-state index >= 15 is 0 Å². The first-order chi connectivity index (χ1) is 10.6. The minimum absolute atomic E-state index is 0.0485. The molecule has 1 aromatic heterocycles. The molecule has 1 saturated heterocycles. The van der Waals surface area contributed by atoms with E-state index in [0.29, 0.717) is 18.8 Å². The number of hydrogen-bond acceptors (Lipinski definition) is 5. The van der Waals surface area contributed by atoms with Gasteiger partial charge in [-0.25, -0.2) is 12.8 Å². The molecule has 6 nitrogen and oxygen atoms in total. The number of halogens is 1. The number of aromatic nitrogens is 2. The van der Waals surface area contributed by atoms with Gasteiger partial charge in [0.25, 0.3) is 0 Å². The van der Waals surface area contributed by atoms with Crippen molar-refractivity contribution in [1.29, 1.82) is 0 Å². The molecule has 8 heteroatoms. The predicted octanol–water partition coefficient (Wildman–Crippen LogP) is 1.46. The second kappa shape index (κ2) is 5.98. The van der Waals surface area contributed by atoms with Gasteiger partial charge < -0.3 is 4.74 Å². The van der Waals surface area contributed by atoms with Crippen molar-refractivity contribution in [3.05, 3.63) is 48.4 Å². The van der Waals surface area contributed by atoms with E-state index in [-0.39, 0.29) is 17.5 Å². The van der Waals surface area contributed by atoms with Crippen LogP contribution in [-0.4, -0.2) is 42.1 Å². The third-order valence-electron chi connectivity index (χ3n) is 3.38. The molecule has 116 valence electrons. The van der Waals surface area contributed by atoms with Gasteiger partial charge in [-0.1, -0.05) is 6.07 Å². The number of ether oxygens (including phenoxy) is 1. The lowest BCUT2D eigenvalue weighted by molar-refractivity contribution is 0.204. The van der Waals surface area contributed by atoms with Crippen LogP contribution in [0.1, 0.15) is 6.42 Å². The zero-order valence-corrected chi connectivity index (χ0v) is 12.4. The fourth-order valence-electron chi connectivity index (χ4n) is 2.31. The van der Waals surface area contributed by atoms with Crippen LogP contribution in [0.25, 0.3) is 0 Å². The predicted molar refractivity (Wildman–Crippen MR) is 76.2 cm³/mol. The van der Waals surface area contributed by atoms with E-state index in [9.17, 15) is 12.8 Å². The highest BCUT2D eigenvalue weighted by Crippen LogP contribution is 2.23. The van der Waals surface area contributed by atoms with E-state index in [1.165, 1.54) is 28.7 Å². The Hall–Kier alpha value is -2.06. The lowest BCUT2D eigenvalue weighted by Crippen LogP contribution is -2.31. The van der Waals surface area contributed by atoms with Gasteiger partial charge in [0.15, 0.2) is 0 Å². The third kappa shape index (κ3) is 3.07. The second-order valence-corrected chi connectivity index (χ2v) is 6.85. The quantitative estimate of drug-likeness (QED) is 0.852. The first-order valence-corrected chi connectivity index (χ1v) is 8.20. The Morgan fingerprint density at radius 1 is 1.27 bits per heavy atom. The second-order valence-electron chi connectivity index (χ2n) is 4.91. The van der Waals surface area contributed by atoms with Crippen molar-refractivity contribution < 1.29 is 17.5 Å². The summed E-state index contributed by atoms with van der Waals surface area (Å²) in [6.07, 6.45) is 1.79. The highest BCUT2D eigenvalue weighted by atomic mass is 32.2. The van der Waals surface area contributed by atoms with Crippen molar-refractivity contribution in [3.8, 4) is 5.88 Å². The largest absolute Gasteiger partial charge is 0.472 e. The summed E-state index contributed by atoms with van der Waals surface area (Å²) in [5.74, 6) is -0.217. The molecule has 1 aromatic carbocycles. The van der Waals surface area contributed by atoms with Crippen LogP contribution < -0.4 is 4.74 Å². The molecule has 1 atom stereocenters. The van der Waals surface area contributed by atoms with Gasteiger partial charge in [-0.3, -0.25) is 0 Å². The van der Waals surface area contributed by atoms with E-state index in [2.05, 4.69) is 10.2 Å². The molecule has 2 heterocycles. The Morgan fingerprint density at radius 3 is 2.86 bits per heavy atom. The third-order valence-corrected chi connectivity index (χ3v) is 5.24. The van der Waals surface area contributed by atoms with Crippen molar-refractivity contribution in [2.45, 2.75) is 17.4 Å². The highest BCUT2D eigenvalue weighted by Gasteiger charge is 2.34. The van der Waals surface area contributed by atoms with Crippen LogP contribution in [0.2, 0.25) is 0 Å². The molecule has 0 bridgehead atoms. The molecular formula is C14H14FN3O3S. The topological polar surface area (TPSA) is 72.4 Å². The molecule has 1 fully saturated rings. The van der Waals surface area contributed by atoms with Gasteiger partial charge in [0.1, 0.15) is 11.9 Å². The van der Waals surface area contributed by atoms with Gasteiger partial charge in [0.05, 0.1) is 11.4 Å². The Balaban J connectivity index is 1.72. The summed E-state index contributed by atoms with van der Waals surface area (Å²) in [4.78, 5) is -0.0485. The van der Waals surface area contributed by atoms with E-state index in [1.807, 2.05) is 0 Å². The Kier molecular flexibility index (Phi) is 4.04. The number of hydrogen-bond donors (Lipinski definition) is 0. The van der Waals surface area contributed by atoms with Crippen LogP contribution in [-0.2, 0) is 10.0 Å². The van der Waals surface area contributed by atoms with E-state index in [1.54, 1.807) is 12.1 Å². The number of sulfonamides is 1. The standard InChI is InChI=1S/C14H14FN3O3S/c15-11-3-1-4-13(9-11)22(19,20)18-8-6-12(10-18)21-14-5-2-7-16-17-14/h1-5,7,9,12H,6,8,10H2. The molecule has 1 unspecified atom stereocenters. The van der Waals surface area contributed by atoms with Gasteiger partial charge in [0, 0.05) is 18.8 Å². The summed E-state index contributed by atoms with van der Waals surface area (Å²) >= 11 is 0. The minimum Gasteiger partial charge on any atom is -0.472 e. The maximum absolute atomic E-state index is 13.2. The summed E-state index contributed by atoms with van der Waals surface area (Å²) in [6.45, 7) is 0.527. The zero-order valence-electron chi connectivity index (χ0n) is 11.6. The monoisotopic (exact) mass is 323 g/mol. The smallest absolute Gasteiger partial charge is 0.243 e. The van der Waals surface area contributed by atoms with E-state index in [4.69, 9.17) is 4.74 Å². The Bertz CT molecular complexity index is 755. The fourth-order valence-corrected chi connectivity index (χ4v) is 3.83. The van der Waals surface area contributed by atoms with Gasteiger partial charge in [-0.05, 0) is 30.7 Å². The van der Waals surface area contributed by atoms with Crippen molar-refractivity contribution in [3.63, 3.8) is 0 Å². The SMILES string of the molecule is O=S(=O)(c1cccc(F)c1)N1CCC(Oc2cccnn2)C1. The first-order valence-electron chi connectivity index (χ1n) is 6.76. The Morgan fingerprint density at radius 2 is 2.14 bits per heavy atom. The Labute approximate surface area is 127 Å². The molecular weight excluding hydrogens is 309 g/mol. The summed E-state index contributed by atoms with van der Waals surface area (Å²) in [6, 6.07) is 8.35. The zero-order chi connectivity index (χ0) is 15.6. The van der Waals surface area contributed by atoms with E-state index < -0.39 is 15.8 Å². The molecule has 0 N–H and O–H groups in total. The molecule has 0 radical (unpaired) electrons. The van der Waals surface area contributed by atoms with Gasteiger partial charge in [-0.15, -0.1) is 5.10 Å². The molecule has 1 aliphatic heterocycles. The molecule has 0 amide bonds. The number of rotatable bonds is 4. The maximum atomic E-state index is 13.2. The minimum atomic E-state index is -3.71. The van der Waals surface area contributed by atoms with Crippen molar-refractivity contribution in [2.24, 2.45) is 0 Å². The van der Waals surface area contributed by atoms with E-state index in [0.717, 1.165) is 6.07 Å². The molecule has 3 rings (SSSR count). The number of nitrogens with zero attached hydrogens (tertiary/aromatic N) is 3. The molecule has 0 aliphatic carbocycles. The highest BCUT2D eigenvalue weighted by molar-refractivity contribution is 7.89. The molecule has 22 heavy (non-hydrogen) atoms. The van der Waals surface area contributed by atoms with Crippen LogP contribution in [0.4, 0.5) is 4.39 Å². The summed E-state index contributed by atoms with van der Waals surface area (Å²) < 4.78 is 45.0. The molecule has 2 aromatic rings. The average Bonchev–Trinajstić information content (AvgIpc) is 2.97. The maximum Gasteiger partial charge on any atom is 0.243 e. The van der Waals surface area contributed by atoms with Gasteiger partial charge >= 0.3 is 0 Å². The van der Waals surface area contributed by atoms with Crippen LogP contribution in [0.5, 0.6) is 5.88 Å². The average molecular weight is 323 g/mol. The summed E-state index contributed by atoms with van der Waals surface area (Å²) in [5.41, 5.74) is 0. The van der Waals surface area contributed by atoms with Crippen LogP contribution in [0, 0.1) is 5.82 Å².